The highest BCUT2D eigenvalue weighted by molar-refractivity contribution is 5.93. The summed E-state index contributed by atoms with van der Waals surface area (Å²) in [6, 6.07) is 24.5. The van der Waals surface area contributed by atoms with Crippen LogP contribution in [0.2, 0.25) is 0 Å². The Morgan fingerprint density at radius 3 is 2.21 bits per heavy atom. The highest BCUT2D eigenvalue weighted by Gasteiger charge is 2.23. The van der Waals surface area contributed by atoms with Crippen molar-refractivity contribution in [1.82, 2.24) is 19.2 Å². The average molecular weight is 454 g/mol. The Kier molecular flexibility index (Phi) is 5.11. The second-order valence-electron chi connectivity index (χ2n) is 8.66. The first-order valence-electron chi connectivity index (χ1n) is 11.5. The number of halogens is 1. The summed E-state index contributed by atoms with van der Waals surface area (Å²) < 4.78 is 17.7. The minimum absolute atomic E-state index is 0.199. The molecule has 7 heteroatoms. The summed E-state index contributed by atoms with van der Waals surface area (Å²) >= 11 is 0. The number of nitrogens with zero attached hydrogens (tertiary/aromatic N) is 5. The molecule has 3 aromatic carbocycles. The molecule has 0 bridgehead atoms. The van der Waals surface area contributed by atoms with E-state index < -0.39 is 0 Å². The van der Waals surface area contributed by atoms with Crippen molar-refractivity contribution in [2.75, 3.05) is 31.1 Å². The van der Waals surface area contributed by atoms with Crippen molar-refractivity contribution < 1.29 is 4.39 Å². The van der Waals surface area contributed by atoms with Gasteiger partial charge in [-0.05, 0) is 42.5 Å². The predicted octanol–water partition coefficient (Wildman–Crippen LogP) is 4.21. The minimum Gasteiger partial charge on any atom is -0.369 e. The summed E-state index contributed by atoms with van der Waals surface area (Å²) in [5.74, 6) is -0.343. The fraction of sp³-hybridized carbons (Fsp3) is 0.185. The Labute approximate surface area is 196 Å². The van der Waals surface area contributed by atoms with Crippen molar-refractivity contribution in [3.8, 4) is 16.9 Å². The number of anilines is 1. The van der Waals surface area contributed by atoms with Gasteiger partial charge in [-0.25, -0.2) is 4.39 Å². The second-order valence-corrected chi connectivity index (χ2v) is 8.66. The first-order chi connectivity index (χ1) is 16.7. The molecule has 6 nitrogen and oxygen atoms in total. The molecule has 34 heavy (non-hydrogen) atoms. The molecule has 0 unspecified atom stereocenters. The van der Waals surface area contributed by atoms with E-state index in [9.17, 15) is 9.18 Å². The number of pyridine rings is 1. The molecular formula is C27H24FN5O. The molecule has 170 valence electrons. The van der Waals surface area contributed by atoms with Crippen molar-refractivity contribution >= 4 is 16.6 Å². The van der Waals surface area contributed by atoms with Gasteiger partial charge in [0.05, 0.1) is 23.4 Å². The normalized spacial score (nSPS) is 14.8. The maximum Gasteiger partial charge on any atom is 0.282 e. The van der Waals surface area contributed by atoms with Crippen LogP contribution in [0.15, 0.2) is 89.9 Å². The van der Waals surface area contributed by atoms with E-state index in [0.29, 0.717) is 29.0 Å². The lowest BCUT2D eigenvalue weighted by atomic mass is 10.1. The summed E-state index contributed by atoms with van der Waals surface area (Å²) in [4.78, 5) is 18.0. The van der Waals surface area contributed by atoms with Gasteiger partial charge in [-0.2, -0.15) is 9.78 Å². The highest BCUT2D eigenvalue weighted by atomic mass is 19.1. The van der Waals surface area contributed by atoms with Crippen LogP contribution in [0.3, 0.4) is 0 Å². The molecule has 3 heterocycles. The molecule has 3 aliphatic heterocycles. The van der Waals surface area contributed by atoms with Crippen molar-refractivity contribution in [3.05, 3.63) is 101 Å². The molecule has 1 saturated heterocycles. The van der Waals surface area contributed by atoms with Gasteiger partial charge in [-0.3, -0.25) is 9.69 Å². The van der Waals surface area contributed by atoms with Crippen molar-refractivity contribution in [2.24, 2.45) is 0 Å². The molecule has 0 radical (unpaired) electrons. The van der Waals surface area contributed by atoms with Gasteiger partial charge in [0.25, 0.3) is 5.56 Å². The number of hydrogen-bond donors (Lipinski definition) is 0. The Hall–Kier alpha value is -3.97. The van der Waals surface area contributed by atoms with Crippen LogP contribution in [-0.2, 0) is 6.67 Å². The molecule has 6 rings (SSSR count). The summed E-state index contributed by atoms with van der Waals surface area (Å²) in [6.07, 6.45) is 1.87. The van der Waals surface area contributed by atoms with E-state index in [1.807, 2.05) is 47.2 Å². The average Bonchev–Trinajstić information content (AvgIpc) is 3.22. The molecule has 0 saturated carbocycles. The molecule has 3 aliphatic rings. The molecule has 0 amide bonds. The van der Waals surface area contributed by atoms with Gasteiger partial charge in [0.2, 0.25) is 0 Å². The number of hydrogen-bond acceptors (Lipinski definition) is 4. The zero-order valence-electron chi connectivity index (χ0n) is 18.6. The van der Waals surface area contributed by atoms with Crippen molar-refractivity contribution in [2.45, 2.75) is 6.67 Å². The zero-order valence-corrected chi connectivity index (χ0v) is 18.6. The van der Waals surface area contributed by atoms with Crippen molar-refractivity contribution in [1.29, 1.82) is 0 Å². The van der Waals surface area contributed by atoms with Crippen LogP contribution >= 0.6 is 0 Å². The maximum absolute atomic E-state index is 14.3. The topological polar surface area (TPSA) is 46.3 Å². The van der Waals surface area contributed by atoms with Gasteiger partial charge in [0, 0.05) is 43.4 Å². The van der Waals surface area contributed by atoms with Gasteiger partial charge in [0.15, 0.2) is 0 Å². The lowest BCUT2D eigenvalue weighted by Gasteiger charge is -2.36. The lowest BCUT2D eigenvalue weighted by Crippen LogP contribution is -2.46. The van der Waals surface area contributed by atoms with Gasteiger partial charge in [0.1, 0.15) is 11.5 Å². The smallest absolute Gasteiger partial charge is 0.282 e. The minimum atomic E-state index is -0.343. The second kappa shape index (κ2) is 8.43. The Balaban J connectivity index is 1.36. The van der Waals surface area contributed by atoms with E-state index >= 15 is 0 Å². The molecule has 0 spiro atoms. The number of rotatable bonds is 4. The van der Waals surface area contributed by atoms with E-state index in [1.165, 1.54) is 22.5 Å². The summed E-state index contributed by atoms with van der Waals surface area (Å²) in [5, 5.41) is 5.23. The van der Waals surface area contributed by atoms with Gasteiger partial charge in [-0.1, -0.05) is 36.4 Å². The molecular weight excluding hydrogens is 429 g/mol. The number of fused-ring (bicyclic) bond motifs is 3. The Bertz CT molecular complexity index is 1470. The number of benzene rings is 3. The third-order valence-corrected chi connectivity index (χ3v) is 6.53. The van der Waals surface area contributed by atoms with Crippen LogP contribution in [0.5, 0.6) is 0 Å². The Morgan fingerprint density at radius 1 is 0.824 bits per heavy atom. The van der Waals surface area contributed by atoms with Crippen LogP contribution in [0.4, 0.5) is 10.1 Å². The monoisotopic (exact) mass is 453 g/mol. The van der Waals surface area contributed by atoms with Crippen LogP contribution < -0.4 is 10.5 Å². The fourth-order valence-electron chi connectivity index (χ4n) is 4.77. The van der Waals surface area contributed by atoms with Gasteiger partial charge >= 0.3 is 0 Å². The first kappa shape index (κ1) is 20.6. The molecule has 3 aromatic rings. The van der Waals surface area contributed by atoms with E-state index in [4.69, 9.17) is 0 Å². The zero-order chi connectivity index (χ0) is 23.1. The third kappa shape index (κ3) is 3.64. The van der Waals surface area contributed by atoms with E-state index in [1.54, 1.807) is 6.07 Å². The number of para-hydroxylation sites is 2. The molecule has 1 fully saturated rings. The van der Waals surface area contributed by atoms with Crippen LogP contribution in [0.1, 0.15) is 0 Å². The number of piperazine rings is 1. The van der Waals surface area contributed by atoms with Gasteiger partial charge < -0.3 is 9.47 Å². The molecule has 0 aromatic heterocycles. The summed E-state index contributed by atoms with van der Waals surface area (Å²) in [7, 11) is 0. The van der Waals surface area contributed by atoms with Crippen molar-refractivity contribution in [3.63, 3.8) is 0 Å². The highest BCUT2D eigenvalue weighted by Crippen LogP contribution is 2.29. The van der Waals surface area contributed by atoms with E-state index in [2.05, 4.69) is 39.2 Å². The standard InChI is InChI=1S/C27H24FN5O/c28-20-11-12-25-23(17-20)26-24(27(34)33(29-26)22-9-5-2-6-10-22)18-32(25)19-30-13-15-31(16-14-30)21-7-3-1-4-8-21/h1-12,17-18H,13-16,19H2. The fourth-order valence-corrected chi connectivity index (χ4v) is 4.77. The third-order valence-electron chi connectivity index (χ3n) is 6.53. The van der Waals surface area contributed by atoms with E-state index in [-0.39, 0.29) is 11.4 Å². The lowest BCUT2D eigenvalue weighted by molar-refractivity contribution is 0.209. The van der Waals surface area contributed by atoms with E-state index in [0.717, 1.165) is 31.7 Å². The molecule has 0 N–H and O–H groups in total. The van der Waals surface area contributed by atoms with Crippen LogP contribution in [-0.4, -0.2) is 45.4 Å². The SMILES string of the molecule is O=c1c2cn(CN3CCN(c4ccccc4)CC3)c3ccc(F)cc3c-2nn1-c1ccccc1. The molecule has 0 atom stereocenters. The van der Waals surface area contributed by atoms with Crippen LogP contribution in [0, 0.1) is 5.82 Å². The predicted molar refractivity (Wildman–Crippen MR) is 132 cm³/mol. The molecule has 0 aliphatic carbocycles. The maximum atomic E-state index is 14.3. The largest absolute Gasteiger partial charge is 0.369 e. The summed E-state index contributed by atoms with van der Waals surface area (Å²) in [5.41, 5.74) is 3.60. The number of aromatic nitrogens is 3. The van der Waals surface area contributed by atoms with Crippen LogP contribution in [0.25, 0.3) is 27.8 Å². The summed E-state index contributed by atoms with van der Waals surface area (Å²) in [6.45, 7) is 4.28. The van der Waals surface area contributed by atoms with Gasteiger partial charge in [-0.15, -0.1) is 0 Å². The quantitative estimate of drug-likeness (QED) is 0.409. The Morgan fingerprint density at radius 2 is 1.50 bits per heavy atom. The first-order valence-corrected chi connectivity index (χ1v) is 11.5.